The number of nitrogens with two attached hydrogens (primary N) is 1. The number of benzene rings is 2. The van der Waals surface area contributed by atoms with Crippen LogP contribution in [0.2, 0.25) is 5.02 Å². The number of alkyl halides is 3. The van der Waals surface area contributed by atoms with Gasteiger partial charge in [-0.15, -0.1) is 0 Å². The van der Waals surface area contributed by atoms with Crippen LogP contribution in [0.4, 0.5) is 18.9 Å². The number of hydrogen-bond acceptors (Lipinski definition) is 4. The summed E-state index contributed by atoms with van der Waals surface area (Å²) in [6.45, 7) is 0.851. The van der Waals surface area contributed by atoms with Gasteiger partial charge in [-0.3, -0.25) is 4.99 Å². The third kappa shape index (κ3) is 3.69. The van der Waals surface area contributed by atoms with Gasteiger partial charge in [-0.2, -0.15) is 13.2 Å². The zero-order valence-electron chi connectivity index (χ0n) is 13.2. The molecule has 0 radical (unpaired) electrons. The lowest BCUT2D eigenvalue weighted by Crippen LogP contribution is -2.28. The topological polar surface area (TPSA) is 75.8 Å². The Morgan fingerprint density at radius 2 is 1.77 bits per heavy atom. The first-order valence-electron chi connectivity index (χ1n) is 7.39. The maximum Gasteiger partial charge on any atom is 0.417 e. The van der Waals surface area contributed by atoms with Gasteiger partial charge in [-0.25, -0.2) is 13.6 Å². The minimum Gasteiger partial charge on any atom is -0.324 e. The molecule has 26 heavy (non-hydrogen) atoms. The number of aliphatic imine (C=N–C) groups is 1. The Hall–Kier alpha value is -2.10. The van der Waals surface area contributed by atoms with Crippen LogP contribution in [-0.2, 0) is 16.2 Å². The van der Waals surface area contributed by atoms with Crippen LogP contribution in [0, 0.1) is 0 Å². The molecule has 2 aromatic carbocycles. The molecule has 2 N–H and O–H groups in total. The summed E-state index contributed by atoms with van der Waals surface area (Å²) in [5.41, 5.74) is -0.0669. The average Bonchev–Trinajstić information content (AvgIpc) is 3.03. The summed E-state index contributed by atoms with van der Waals surface area (Å²) in [6, 6.07) is 9.34. The molecule has 10 heteroatoms. The van der Waals surface area contributed by atoms with E-state index < -0.39 is 21.8 Å². The number of halogens is 4. The van der Waals surface area contributed by atoms with Gasteiger partial charge in [0.1, 0.15) is 5.84 Å². The number of primary sulfonamides is 1. The Balaban J connectivity index is 1.97. The van der Waals surface area contributed by atoms with Gasteiger partial charge in [-0.05, 0) is 42.5 Å². The third-order valence-corrected chi connectivity index (χ3v) is 5.11. The largest absolute Gasteiger partial charge is 0.417 e. The lowest BCUT2D eigenvalue weighted by molar-refractivity contribution is -0.137. The summed E-state index contributed by atoms with van der Waals surface area (Å²) >= 11 is 5.66. The quantitative estimate of drug-likeness (QED) is 0.854. The number of nitrogens with zero attached hydrogens (tertiary/aromatic N) is 2. The standard InChI is InChI=1S/C16H13ClF3N3O2S/c17-14-6-1-10(9-13(14)16(18,19)20)15-22-7-8-23(15)11-2-4-12(5-3-11)26(21,24)25/h1-6,9H,7-8H2,(H2,21,24,25). The Kier molecular flexibility index (Phi) is 4.72. The fourth-order valence-electron chi connectivity index (χ4n) is 2.64. The molecule has 5 nitrogen and oxygen atoms in total. The second-order valence-electron chi connectivity index (χ2n) is 5.59. The summed E-state index contributed by atoms with van der Waals surface area (Å²) in [4.78, 5) is 5.93. The van der Waals surface area contributed by atoms with E-state index in [9.17, 15) is 21.6 Å². The molecule has 1 aliphatic heterocycles. The molecule has 3 rings (SSSR count). The lowest BCUT2D eigenvalue weighted by Gasteiger charge is -2.21. The second-order valence-corrected chi connectivity index (χ2v) is 7.56. The number of anilines is 1. The smallest absolute Gasteiger partial charge is 0.324 e. The Bertz CT molecular complexity index is 973. The van der Waals surface area contributed by atoms with Gasteiger partial charge in [-0.1, -0.05) is 11.6 Å². The van der Waals surface area contributed by atoms with E-state index in [4.69, 9.17) is 16.7 Å². The molecule has 0 spiro atoms. The predicted molar refractivity (Wildman–Crippen MR) is 93.0 cm³/mol. The molecule has 0 saturated heterocycles. The minimum absolute atomic E-state index is 0.0511. The average molecular weight is 404 g/mol. The fraction of sp³-hybridized carbons (Fsp3) is 0.188. The van der Waals surface area contributed by atoms with Crippen molar-refractivity contribution in [2.75, 3.05) is 18.0 Å². The first kappa shape index (κ1) is 18.7. The summed E-state index contributed by atoms with van der Waals surface area (Å²) < 4.78 is 61.9. The highest BCUT2D eigenvalue weighted by Crippen LogP contribution is 2.36. The van der Waals surface area contributed by atoms with Crippen molar-refractivity contribution in [2.24, 2.45) is 10.1 Å². The summed E-state index contributed by atoms with van der Waals surface area (Å²) in [5, 5.41) is 4.68. The highest BCUT2D eigenvalue weighted by molar-refractivity contribution is 7.89. The molecule has 0 bridgehead atoms. The monoisotopic (exact) mass is 403 g/mol. The van der Waals surface area contributed by atoms with Crippen molar-refractivity contribution in [3.63, 3.8) is 0 Å². The zero-order valence-corrected chi connectivity index (χ0v) is 14.7. The van der Waals surface area contributed by atoms with E-state index in [0.717, 1.165) is 6.07 Å². The summed E-state index contributed by atoms with van der Waals surface area (Å²) in [5.74, 6) is 0.357. The van der Waals surface area contributed by atoms with Gasteiger partial charge < -0.3 is 4.90 Å². The molecule has 1 heterocycles. The third-order valence-electron chi connectivity index (χ3n) is 3.85. The Morgan fingerprint density at radius 3 is 2.35 bits per heavy atom. The van der Waals surface area contributed by atoms with Crippen molar-refractivity contribution < 1.29 is 21.6 Å². The minimum atomic E-state index is -4.58. The van der Waals surface area contributed by atoms with Gasteiger partial charge in [0.2, 0.25) is 10.0 Å². The molecule has 0 amide bonds. The van der Waals surface area contributed by atoms with Crippen molar-refractivity contribution in [1.82, 2.24) is 0 Å². The molecule has 2 aromatic rings. The first-order chi connectivity index (χ1) is 12.1. The van der Waals surface area contributed by atoms with Gasteiger partial charge in [0.25, 0.3) is 0 Å². The summed E-state index contributed by atoms with van der Waals surface area (Å²) in [7, 11) is -3.82. The van der Waals surface area contributed by atoms with Crippen LogP contribution in [0.5, 0.6) is 0 Å². The normalized spacial score (nSPS) is 15.3. The van der Waals surface area contributed by atoms with Crippen LogP contribution in [0.3, 0.4) is 0 Å². The molecule has 138 valence electrons. The van der Waals surface area contributed by atoms with E-state index in [1.165, 1.54) is 36.4 Å². The number of sulfonamides is 1. The van der Waals surface area contributed by atoms with E-state index in [0.29, 0.717) is 24.6 Å². The molecule has 0 saturated carbocycles. The maximum atomic E-state index is 13.1. The van der Waals surface area contributed by atoms with Crippen LogP contribution in [-0.4, -0.2) is 27.3 Å². The van der Waals surface area contributed by atoms with Crippen molar-refractivity contribution >= 4 is 33.1 Å². The van der Waals surface area contributed by atoms with Gasteiger partial charge in [0.05, 0.1) is 22.0 Å². The summed E-state index contributed by atoms with van der Waals surface area (Å²) in [6.07, 6.45) is -4.58. The fourth-order valence-corrected chi connectivity index (χ4v) is 3.38. The SMILES string of the molecule is NS(=O)(=O)c1ccc(N2CCN=C2c2ccc(Cl)c(C(F)(F)F)c2)cc1. The highest BCUT2D eigenvalue weighted by Gasteiger charge is 2.34. The van der Waals surface area contributed by atoms with Crippen molar-refractivity contribution in [3.05, 3.63) is 58.6 Å². The molecule has 1 aliphatic rings. The van der Waals surface area contributed by atoms with E-state index in [1.807, 2.05) is 0 Å². The predicted octanol–water partition coefficient (Wildman–Crippen LogP) is 3.27. The van der Waals surface area contributed by atoms with Gasteiger partial charge >= 0.3 is 6.18 Å². The van der Waals surface area contributed by atoms with Crippen LogP contribution in [0.25, 0.3) is 0 Å². The van der Waals surface area contributed by atoms with E-state index in [2.05, 4.69) is 4.99 Å². The Labute approximate surface area is 152 Å². The molecular weight excluding hydrogens is 391 g/mol. The molecular formula is C16H13ClF3N3O2S. The van der Waals surface area contributed by atoms with E-state index >= 15 is 0 Å². The maximum absolute atomic E-state index is 13.1. The molecule has 0 aliphatic carbocycles. The van der Waals surface area contributed by atoms with Crippen LogP contribution >= 0.6 is 11.6 Å². The van der Waals surface area contributed by atoms with Crippen molar-refractivity contribution in [3.8, 4) is 0 Å². The number of amidine groups is 1. The van der Waals surface area contributed by atoms with Crippen LogP contribution < -0.4 is 10.0 Å². The molecule has 0 atom stereocenters. The molecule has 0 fully saturated rings. The lowest BCUT2D eigenvalue weighted by atomic mass is 10.1. The first-order valence-corrected chi connectivity index (χ1v) is 9.32. The van der Waals surface area contributed by atoms with E-state index in [-0.39, 0.29) is 15.5 Å². The van der Waals surface area contributed by atoms with Gasteiger partial charge in [0, 0.05) is 17.8 Å². The second kappa shape index (κ2) is 6.57. The Morgan fingerprint density at radius 1 is 1.12 bits per heavy atom. The van der Waals surface area contributed by atoms with Crippen molar-refractivity contribution in [2.45, 2.75) is 11.1 Å². The van der Waals surface area contributed by atoms with Crippen molar-refractivity contribution in [1.29, 1.82) is 0 Å². The molecule has 0 aromatic heterocycles. The van der Waals surface area contributed by atoms with Gasteiger partial charge in [0.15, 0.2) is 0 Å². The van der Waals surface area contributed by atoms with E-state index in [1.54, 1.807) is 4.90 Å². The number of rotatable bonds is 3. The van der Waals surface area contributed by atoms with Crippen LogP contribution in [0.15, 0.2) is 52.4 Å². The van der Waals surface area contributed by atoms with Crippen LogP contribution in [0.1, 0.15) is 11.1 Å². The highest BCUT2D eigenvalue weighted by atomic mass is 35.5. The molecule has 0 unspecified atom stereocenters. The zero-order chi connectivity index (χ0) is 19.1. The number of hydrogen-bond donors (Lipinski definition) is 1.